The van der Waals surface area contributed by atoms with Crippen molar-refractivity contribution in [1.29, 1.82) is 0 Å². The molecule has 0 aliphatic rings. The number of non-ortho nitro benzene ring substituents is 1. The molecular formula is C10H8N2O5. The predicted molar refractivity (Wildman–Crippen MR) is 58.1 cm³/mol. The van der Waals surface area contributed by atoms with Crippen molar-refractivity contribution in [2.75, 3.05) is 0 Å². The Morgan fingerprint density at radius 2 is 1.76 bits per heavy atom. The number of terminal acetylenes is 1. The van der Waals surface area contributed by atoms with Crippen molar-refractivity contribution in [1.82, 2.24) is 0 Å². The smallest absolute Gasteiger partial charge is 0.335 e. The summed E-state index contributed by atoms with van der Waals surface area (Å²) in [6.07, 6.45) is 4.45. The van der Waals surface area contributed by atoms with Crippen LogP contribution < -0.4 is 5.73 Å². The van der Waals surface area contributed by atoms with Crippen LogP contribution in [0.2, 0.25) is 0 Å². The minimum absolute atomic E-state index is 0.0422. The van der Waals surface area contributed by atoms with Gasteiger partial charge in [0, 0.05) is 12.1 Å². The first-order chi connectivity index (χ1) is 7.88. The number of hydrogen-bond donors (Lipinski definition) is 2. The van der Waals surface area contributed by atoms with Gasteiger partial charge in [-0.25, -0.2) is 4.79 Å². The topological polar surface area (TPSA) is 124 Å². The molecule has 0 aliphatic carbocycles. The fourth-order valence-corrected chi connectivity index (χ4v) is 0.726. The van der Waals surface area contributed by atoms with E-state index < -0.39 is 16.8 Å². The summed E-state index contributed by atoms with van der Waals surface area (Å²) in [5.74, 6) is -0.144. The second-order valence-electron chi connectivity index (χ2n) is 2.62. The summed E-state index contributed by atoms with van der Waals surface area (Å²) in [5, 5.41) is 18.6. The molecule has 0 bridgehead atoms. The zero-order chi connectivity index (χ0) is 13.4. The number of rotatable bonds is 2. The summed E-state index contributed by atoms with van der Waals surface area (Å²) in [5.41, 5.74) is 4.35. The van der Waals surface area contributed by atoms with E-state index in [1.54, 1.807) is 5.92 Å². The molecule has 1 aromatic rings. The first-order valence-electron chi connectivity index (χ1n) is 4.12. The second-order valence-corrected chi connectivity index (χ2v) is 2.62. The Balaban J connectivity index is 0.000000437. The van der Waals surface area contributed by atoms with Crippen LogP contribution in [0.3, 0.4) is 0 Å². The minimum atomic E-state index is -1.09. The van der Waals surface area contributed by atoms with Crippen molar-refractivity contribution in [3.63, 3.8) is 0 Å². The third-order valence-corrected chi connectivity index (χ3v) is 1.47. The second kappa shape index (κ2) is 6.58. The Morgan fingerprint density at radius 1 is 1.35 bits per heavy atom. The molecule has 7 heteroatoms. The normalized spacial score (nSPS) is 8.18. The van der Waals surface area contributed by atoms with Crippen LogP contribution in [0.25, 0.3) is 0 Å². The summed E-state index contributed by atoms with van der Waals surface area (Å²) >= 11 is 0. The first kappa shape index (κ1) is 14.1. The number of nitrogens with two attached hydrogens (primary N) is 1. The molecule has 0 aliphatic heterocycles. The number of carboxylic acid groups (broad SMARTS) is 1. The fourth-order valence-electron chi connectivity index (χ4n) is 0.726. The molecule has 3 N–H and O–H groups in total. The Bertz CT molecular complexity index is 439. The number of primary amides is 1. The third kappa shape index (κ3) is 5.54. The van der Waals surface area contributed by atoms with Crippen LogP contribution in [0.15, 0.2) is 24.3 Å². The molecule has 0 radical (unpaired) electrons. The van der Waals surface area contributed by atoms with E-state index >= 15 is 0 Å². The molecule has 1 rings (SSSR count). The van der Waals surface area contributed by atoms with Gasteiger partial charge in [0.2, 0.25) is 0 Å². The van der Waals surface area contributed by atoms with Crippen molar-refractivity contribution in [2.24, 2.45) is 5.73 Å². The van der Waals surface area contributed by atoms with Crippen LogP contribution in [-0.2, 0) is 4.79 Å². The highest BCUT2D eigenvalue weighted by atomic mass is 16.6. The Labute approximate surface area is 96.0 Å². The van der Waals surface area contributed by atoms with E-state index in [2.05, 4.69) is 12.2 Å². The molecule has 17 heavy (non-hydrogen) atoms. The van der Waals surface area contributed by atoms with Gasteiger partial charge in [-0.15, -0.1) is 6.42 Å². The number of benzene rings is 1. The monoisotopic (exact) mass is 236 g/mol. The number of carboxylic acids is 1. The van der Waals surface area contributed by atoms with Gasteiger partial charge in [-0.05, 0) is 18.1 Å². The summed E-state index contributed by atoms with van der Waals surface area (Å²) in [7, 11) is 0. The highest BCUT2D eigenvalue weighted by Gasteiger charge is 2.06. The van der Waals surface area contributed by atoms with Gasteiger partial charge in [0.25, 0.3) is 11.6 Å². The third-order valence-electron chi connectivity index (χ3n) is 1.47. The van der Waals surface area contributed by atoms with E-state index in [-0.39, 0.29) is 11.3 Å². The Morgan fingerprint density at radius 3 is 2.00 bits per heavy atom. The van der Waals surface area contributed by atoms with Crippen LogP contribution in [-0.4, -0.2) is 21.9 Å². The summed E-state index contributed by atoms with van der Waals surface area (Å²) in [6, 6.07) is 4.70. The van der Waals surface area contributed by atoms with Crippen molar-refractivity contribution >= 4 is 17.6 Å². The fraction of sp³-hybridized carbons (Fsp3) is 0. The van der Waals surface area contributed by atoms with Gasteiger partial charge in [-0.3, -0.25) is 14.9 Å². The first-order valence-corrected chi connectivity index (χ1v) is 4.12. The van der Waals surface area contributed by atoms with Gasteiger partial charge in [0.15, 0.2) is 0 Å². The van der Waals surface area contributed by atoms with Gasteiger partial charge in [0.1, 0.15) is 0 Å². The van der Waals surface area contributed by atoms with Gasteiger partial charge < -0.3 is 10.8 Å². The van der Waals surface area contributed by atoms with E-state index in [0.29, 0.717) is 0 Å². The molecule has 0 spiro atoms. The Kier molecular flexibility index (Phi) is 5.46. The molecule has 0 unspecified atom stereocenters. The highest BCUT2D eigenvalue weighted by Crippen LogP contribution is 2.11. The number of nitro benzene ring substituents is 1. The van der Waals surface area contributed by atoms with Crippen LogP contribution >= 0.6 is 0 Å². The summed E-state index contributed by atoms with van der Waals surface area (Å²) in [6.45, 7) is 0. The quantitative estimate of drug-likeness (QED) is 0.437. The van der Waals surface area contributed by atoms with Crippen molar-refractivity contribution in [2.45, 2.75) is 0 Å². The number of nitrogens with zero attached hydrogens (tertiary/aromatic N) is 1. The van der Waals surface area contributed by atoms with Crippen LogP contribution in [0, 0.1) is 22.5 Å². The molecule has 0 saturated carbocycles. The summed E-state index contributed by atoms with van der Waals surface area (Å²) in [4.78, 5) is 29.2. The highest BCUT2D eigenvalue weighted by molar-refractivity contribution is 5.91. The number of carbonyl (C=O) groups excluding carboxylic acids is 1. The zero-order valence-electron chi connectivity index (χ0n) is 8.49. The lowest BCUT2D eigenvalue weighted by molar-refractivity contribution is -0.384. The number of hydrogen-bond acceptors (Lipinski definition) is 4. The molecule has 0 aromatic heterocycles. The van der Waals surface area contributed by atoms with Gasteiger partial charge in [-0.1, -0.05) is 0 Å². The Hall–Kier alpha value is -2.88. The average Bonchev–Trinajstić information content (AvgIpc) is 2.29. The molecule has 88 valence electrons. The van der Waals surface area contributed by atoms with E-state index in [9.17, 15) is 19.7 Å². The van der Waals surface area contributed by atoms with Crippen molar-refractivity contribution in [3.8, 4) is 12.3 Å². The standard InChI is InChI=1S/C7H5NO4.C3H3NO/c9-7(10)5-1-3-6(4-2-5)8(11)12;1-2-3(4)5/h1-4H,(H,9,10);1H,(H2,4,5). The van der Waals surface area contributed by atoms with Gasteiger partial charge in [-0.2, -0.15) is 0 Å². The molecule has 0 atom stereocenters. The maximum absolute atomic E-state index is 10.3. The maximum atomic E-state index is 10.3. The lowest BCUT2D eigenvalue weighted by atomic mass is 10.2. The van der Waals surface area contributed by atoms with E-state index in [1.165, 1.54) is 12.1 Å². The number of nitro groups is 1. The zero-order valence-corrected chi connectivity index (χ0v) is 8.49. The van der Waals surface area contributed by atoms with Gasteiger partial charge >= 0.3 is 5.97 Å². The molecule has 0 fully saturated rings. The summed E-state index contributed by atoms with van der Waals surface area (Å²) < 4.78 is 0. The largest absolute Gasteiger partial charge is 0.478 e. The lowest BCUT2D eigenvalue weighted by Crippen LogP contribution is -2.05. The van der Waals surface area contributed by atoms with Crippen LogP contribution in [0.1, 0.15) is 10.4 Å². The minimum Gasteiger partial charge on any atom is -0.478 e. The number of amides is 1. The maximum Gasteiger partial charge on any atom is 0.335 e. The van der Waals surface area contributed by atoms with E-state index in [1.807, 2.05) is 0 Å². The van der Waals surface area contributed by atoms with Gasteiger partial charge in [0.05, 0.1) is 10.5 Å². The lowest BCUT2D eigenvalue weighted by Gasteiger charge is -1.92. The average molecular weight is 236 g/mol. The molecule has 1 amide bonds. The molecule has 1 aromatic carbocycles. The van der Waals surface area contributed by atoms with E-state index in [4.69, 9.17) is 5.11 Å². The van der Waals surface area contributed by atoms with Crippen LogP contribution in [0.5, 0.6) is 0 Å². The molecule has 7 nitrogen and oxygen atoms in total. The number of aromatic carboxylic acids is 1. The van der Waals surface area contributed by atoms with Crippen LogP contribution in [0.4, 0.5) is 5.69 Å². The molecular weight excluding hydrogens is 228 g/mol. The number of carbonyl (C=O) groups is 2. The molecule has 0 heterocycles. The van der Waals surface area contributed by atoms with Crippen molar-refractivity contribution < 1.29 is 19.6 Å². The van der Waals surface area contributed by atoms with Crippen molar-refractivity contribution in [3.05, 3.63) is 39.9 Å². The SMILES string of the molecule is C#CC(N)=O.O=C(O)c1ccc([N+](=O)[O-])cc1. The predicted octanol–water partition coefficient (Wildman–Crippen LogP) is 0.398. The molecule has 0 saturated heterocycles. The van der Waals surface area contributed by atoms with E-state index in [0.717, 1.165) is 12.1 Å².